The third kappa shape index (κ3) is 4.83. The first kappa shape index (κ1) is 25.5. The second-order valence-electron chi connectivity index (χ2n) is 11.0. The van der Waals surface area contributed by atoms with Gasteiger partial charge in [0.05, 0.1) is 11.2 Å². The molecule has 208 valence electrons. The fourth-order valence-electron chi connectivity index (χ4n) is 6.19. The monoisotopic (exact) mass is 559 g/mol. The number of aromatic nitrogens is 4. The number of nitrogens with one attached hydrogen (secondary N) is 1. The number of aromatic amines is 1. The lowest BCUT2D eigenvalue weighted by Crippen LogP contribution is -2.40. The molecule has 2 aliphatic heterocycles. The van der Waals surface area contributed by atoms with Crippen LogP contribution in [0.4, 0.5) is 4.79 Å². The number of piperidine rings is 1. The average molecular weight is 560 g/mol. The molecule has 1 aliphatic carbocycles. The van der Waals surface area contributed by atoms with Crippen LogP contribution in [0, 0.1) is 0 Å². The summed E-state index contributed by atoms with van der Waals surface area (Å²) in [4.78, 5) is 37.2. The number of thiophene rings is 1. The van der Waals surface area contributed by atoms with Gasteiger partial charge in [0.1, 0.15) is 23.4 Å². The van der Waals surface area contributed by atoms with E-state index in [4.69, 9.17) is 19.6 Å². The van der Waals surface area contributed by atoms with Gasteiger partial charge in [-0.1, -0.05) is 30.3 Å². The SMILES string of the molecule is O=C(OCc1ccccc1)N1CCCC(c2nc3c4c(sc3c(=O)[nH]2)-c2cn(C3CCCCO3)nc2CCC4)C1. The number of hydrogen-bond acceptors (Lipinski definition) is 7. The van der Waals surface area contributed by atoms with Crippen LogP contribution >= 0.6 is 11.3 Å². The van der Waals surface area contributed by atoms with E-state index in [-0.39, 0.29) is 30.4 Å². The fraction of sp³-hybridized carbons (Fsp3) is 0.467. The molecule has 7 rings (SSSR count). The Kier molecular flexibility index (Phi) is 6.89. The standard InChI is InChI=1S/C30H33N5O4S/c36-29-27-25(21-11-6-12-23-22(26(21)40-27)17-35(33-23)24-13-4-5-15-38-24)31-28(32-29)20-10-7-14-34(16-20)30(37)39-18-19-8-2-1-3-9-19/h1-3,8-9,17,20,24H,4-7,10-16,18H2,(H,31,32,36). The predicted molar refractivity (Wildman–Crippen MR) is 153 cm³/mol. The number of rotatable bonds is 4. The van der Waals surface area contributed by atoms with Gasteiger partial charge in [0.15, 0.2) is 0 Å². The number of carbonyl (C=O) groups is 1. The van der Waals surface area contributed by atoms with E-state index in [0.717, 1.165) is 90.8 Å². The summed E-state index contributed by atoms with van der Waals surface area (Å²) >= 11 is 1.52. The van der Waals surface area contributed by atoms with Crippen LogP contribution in [0.5, 0.6) is 0 Å². The summed E-state index contributed by atoms with van der Waals surface area (Å²) in [5.41, 5.74) is 4.98. The maximum absolute atomic E-state index is 13.4. The van der Waals surface area contributed by atoms with E-state index >= 15 is 0 Å². The number of carbonyl (C=O) groups excluding carboxylic acids is 1. The summed E-state index contributed by atoms with van der Waals surface area (Å²) in [6.07, 6.45) is 9.42. The maximum Gasteiger partial charge on any atom is 0.410 e. The van der Waals surface area contributed by atoms with Crippen molar-refractivity contribution in [3.8, 4) is 10.4 Å². The van der Waals surface area contributed by atoms with Crippen LogP contribution in [-0.2, 0) is 28.9 Å². The molecule has 0 spiro atoms. The quantitative estimate of drug-likeness (QED) is 0.352. The molecule has 0 bridgehead atoms. The summed E-state index contributed by atoms with van der Waals surface area (Å²) < 4.78 is 14.2. The van der Waals surface area contributed by atoms with Crippen molar-refractivity contribution >= 4 is 27.6 Å². The molecule has 2 unspecified atom stereocenters. The Morgan fingerprint density at radius 2 is 2.02 bits per heavy atom. The normalized spacial score (nSPS) is 21.1. The topological polar surface area (TPSA) is 102 Å². The molecule has 2 fully saturated rings. The van der Waals surface area contributed by atoms with E-state index < -0.39 is 0 Å². The Bertz CT molecular complexity index is 1590. The van der Waals surface area contributed by atoms with Crippen molar-refractivity contribution in [1.82, 2.24) is 24.6 Å². The maximum atomic E-state index is 13.4. The van der Waals surface area contributed by atoms with Crippen molar-refractivity contribution < 1.29 is 14.3 Å². The zero-order chi connectivity index (χ0) is 27.1. The van der Waals surface area contributed by atoms with Crippen LogP contribution in [0.15, 0.2) is 41.3 Å². The Labute approximate surface area is 236 Å². The minimum absolute atomic E-state index is 0.0136. The number of aryl methyl sites for hydroxylation is 2. The molecule has 9 nitrogen and oxygen atoms in total. The summed E-state index contributed by atoms with van der Waals surface area (Å²) in [5.74, 6) is 0.618. The molecule has 1 amide bonds. The number of fused-ring (bicyclic) bond motifs is 5. The molecule has 2 atom stereocenters. The third-order valence-corrected chi connectivity index (χ3v) is 9.53. The number of likely N-dealkylation sites (tertiary alicyclic amines) is 1. The minimum Gasteiger partial charge on any atom is -0.445 e. The second kappa shape index (κ2) is 10.8. The Hall–Kier alpha value is -3.50. The van der Waals surface area contributed by atoms with Crippen molar-refractivity contribution in [2.75, 3.05) is 19.7 Å². The van der Waals surface area contributed by atoms with Gasteiger partial charge < -0.3 is 19.4 Å². The highest BCUT2D eigenvalue weighted by Gasteiger charge is 2.30. The number of benzene rings is 1. The average Bonchev–Trinajstić information content (AvgIpc) is 3.54. The lowest BCUT2D eigenvalue weighted by molar-refractivity contribution is -0.0396. The minimum atomic E-state index is -0.326. The van der Waals surface area contributed by atoms with Crippen molar-refractivity contribution in [3.63, 3.8) is 0 Å². The van der Waals surface area contributed by atoms with E-state index in [9.17, 15) is 9.59 Å². The first-order valence-electron chi connectivity index (χ1n) is 14.4. The first-order chi connectivity index (χ1) is 19.6. The number of ether oxygens (including phenoxy) is 2. The molecule has 3 aromatic heterocycles. The first-order valence-corrected chi connectivity index (χ1v) is 15.2. The molecule has 1 aromatic carbocycles. The van der Waals surface area contributed by atoms with Gasteiger partial charge in [-0.3, -0.25) is 4.79 Å². The largest absolute Gasteiger partial charge is 0.445 e. The number of amides is 1. The molecule has 4 aromatic rings. The van der Waals surface area contributed by atoms with Gasteiger partial charge in [-0.05, 0) is 62.5 Å². The van der Waals surface area contributed by atoms with E-state index in [1.807, 2.05) is 35.0 Å². The van der Waals surface area contributed by atoms with Crippen LogP contribution in [0.2, 0.25) is 0 Å². The van der Waals surface area contributed by atoms with Crippen LogP contribution in [0.25, 0.3) is 20.7 Å². The van der Waals surface area contributed by atoms with Crippen LogP contribution in [0.3, 0.4) is 0 Å². The molecule has 1 N–H and O–H groups in total. The number of hydrogen-bond donors (Lipinski definition) is 1. The summed E-state index contributed by atoms with van der Waals surface area (Å²) in [6, 6.07) is 9.69. The molecule has 5 heterocycles. The van der Waals surface area contributed by atoms with Crippen LogP contribution < -0.4 is 5.56 Å². The zero-order valence-corrected chi connectivity index (χ0v) is 23.3. The molecule has 2 saturated heterocycles. The van der Waals surface area contributed by atoms with E-state index in [1.54, 1.807) is 4.90 Å². The summed E-state index contributed by atoms with van der Waals surface area (Å²) in [6.45, 7) is 2.14. The highest BCUT2D eigenvalue weighted by molar-refractivity contribution is 7.22. The Morgan fingerprint density at radius 1 is 1.12 bits per heavy atom. The molecule has 10 heteroatoms. The van der Waals surface area contributed by atoms with Crippen molar-refractivity contribution in [3.05, 3.63) is 69.5 Å². The van der Waals surface area contributed by atoms with Gasteiger partial charge >= 0.3 is 6.09 Å². The van der Waals surface area contributed by atoms with E-state index in [1.165, 1.54) is 11.3 Å². The van der Waals surface area contributed by atoms with Gasteiger partial charge in [-0.15, -0.1) is 11.3 Å². The predicted octanol–water partition coefficient (Wildman–Crippen LogP) is 5.55. The highest BCUT2D eigenvalue weighted by Crippen LogP contribution is 2.42. The van der Waals surface area contributed by atoms with Crippen LogP contribution in [-0.4, -0.2) is 50.4 Å². The van der Waals surface area contributed by atoms with Gasteiger partial charge in [0.2, 0.25) is 0 Å². The van der Waals surface area contributed by atoms with Gasteiger partial charge in [0.25, 0.3) is 5.56 Å². The molecule has 3 aliphatic rings. The lowest BCUT2D eigenvalue weighted by atomic mass is 9.97. The summed E-state index contributed by atoms with van der Waals surface area (Å²) in [7, 11) is 0. The third-order valence-electron chi connectivity index (χ3n) is 8.27. The lowest BCUT2D eigenvalue weighted by Gasteiger charge is -2.31. The van der Waals surface area contributed by atoms with Crippen LogP contribution in [0.1, 0.15) is 73.3 Å². The second-order valence-corrected chi connectivity index (χ2v) is 12.0. The highest BCUT2D eigenvalue weighted by atomic mass is 32.1. The number of nitrogens with zero attached hydrogens (tertiary/aromatic N) is 4. The van der Waals surface area contributed by atoms with Crippen molar-refractivity contribution in [1.29, 1.82) is 0 Å². The molecule has 40 heavy (non-hydrogen) atoms. The zero-order valence-electron chi connectivity index (χ0n) is 22.4. The van der Waals surface area contributed by atoms with Gasteiger partial charge in [-0.2, -0.15) is 5.10 Å². The van der Waals surface area contributed by atoms with Crippen molar-refractivity contribution in [2.45, 2.75) is 70.1 Å². The van der Waals surface area contributed by atoms with Crippen molar-refractivity contribution in [2.24, 2.45) is 0 Å². The molecule has 0 radical (unpaired) electrons. The van der Waals surface area contributed by atoms with Gasteiger partial charge in [-0.25, -0.2) is 14.5 Å². The summed E-state index contributed by atoms with van der Waals surface area (Å²) in [5, 5.41) is 4.92. The van der Waals surface area contributed by atoms with E-state index in [0.29, 0.717) is 23.6 Å². The smallest absolute Gasteiger partial charge is 0.410 e. The molecular formula is C30H33N5O4S. The number of H-pyrrole nitrogens is 1. The van der Waals surface area contributed by atoms with Gasteiger partial charge in [0, 0.05) is 42.3 Å². The Balaban J connectivity index is 1.15. The van der Waals surface area contributed by atoms with E-state index in [2.05, 4.69) is 11.2 Å². The Morgan fingerprint density at radius 3 is 2.88 bits per heavy atom. The fourth-order valence-corrected chi connectivity index (χ4v) is 7.40. The molecule has 0 saturated carbocycles. The molecular weight excluding hydrogens is 526 g/mol.